The highest BCUT2D eigenvalue weighted by molar-refractivity contribution is 6.32. The van der Waals surface area contributed by atoms with Crippen LogP contribution in [0.1, 0.15) is 21.7 Å². The Kier molecular flexibility index (Phi) is 6.82. The fourth-order valence-electron chi connectivity index (χ4n) is 3.07. The number of carbonyl (C=O) groups excluding carboxylic acids is 1. The van der Waals surface area contributed by atoms with E-state index in [2.05, 4.69) is 10.5 Å². The van der Waals surface area contributed by atoms with Crippen molar-refractivity contribution in [3.05, 3.63) is 93.4 Å². The molecule has 0 bridgehead atoms. The molecule has 0 fully saturated rings. The summed E-state index contributed by atoms with van der Waals surface area (Å²) < 4.78 is 30.4. The molecule has 1 N–H and O–H groups in total. The Labute approximate surface area is 198 Å². The molecule has 0 unspecified atom stereocenters. The number of halogens is 3. The highest BCUT2D eigenvalue weighted by atomic mass is 35.5. The highest BCUT2D eigenvalue weighted by Crippen LogP contribution is 2.36. The molecule has 0 saturated heterocycles. The summed E-state index contributed by atoms with van der Waals surface area (Å²) in [5.74, 6) is -0.205. The number of nitrogens with one attached hydrogen (secondary N) is 1. The van der Waals surface area contributed by atoms with Crippen molar-refractivity contribution < 1.29 is 23.1 Å². The molecule has 0 radical (unpaired) electrons. The van der Waals surface area contributed by atoms with Gasteiger partial charge in [-0.25, -0.2) is 9.82 Å². The van der Waals surface area contributed by atoms with E-state index < -0.39 is 5.91 Å². The molecular weight excluding hydrogens is 470 g/mol. The molecule has 0 aliphatic rings. The Morgan fingerprint density at radius 3 is 2.76 bits per heavy atom. The van der Waals surface area contributed by atoms with Crippen LogP contribution in [0.25, 0.3) is 11.0 Å². The Morgan fingerprint density at radius 2 is 1.97 bits per heavy atom. The van der Waals surface area contributed by atoms with Crippen LogP contribution in [0.15, 0.2) is 70.2 Å². The Hall–Kier alpha value is -3.55. The van der Waals surface area contributed by atoms with E-state index in [-0.39, 0.29) is 29.0 Å². The first-order chi connectivity index (χ1) is 15.9. The van der Waals surface area contributed by atoms with E-state index in [1.807, 2.05) is 0 Å². The van der Waals surface area contributed by atoms with Gasteiger partial charge in [-0.15, -0.1) is 0 Å². The average Bonchev–Trinajstić information content (AvgIpc) is 3.22. The van der Waals surface area contributed by atoms with Crippen molar-refractivity contribution in [3.63, 3.8) is 0 Å². The van der Waals surface area contributed by atoms with Crippen molar-refractivity contribution in [2.45, 2.75) is 6.61 Å². The van der Waals surface area contributed by atoms with Gasteiger partial charge in [0.2, 0.25) is 0 Å². The van der Waals surface area contributed by atoms with E-state index in [0.717, 1.165) is 0 Å². The summed E-state index contributed by atoms with van der Waals surface area (Å²) in [5, 5.41) is 5.43. The quantitative estimate of drug-likeness (QED) is 0.248. The number of carbonyl (C=O) groups is 1. The lowest BCUT2D eigenvalue weighted by atomic mass is 10.2. The zero-order chi connectivity index (χ0) is 23.4. The van der Waals surface area contributed by atoms with Crippen LogP contribution >= 0.6 is 23.2 Å². The summed E-state index contributed by atoms with van der Waals surface area (Å²) in [7, 11) is 1.46. The van der Waals surface area contributed by atoms with E-state index in [9.17, 15) is 9.18 Å². The maximum Gasteiger partial charge on any atom is 0.307 e. The lowest BCUT2D eigenvalue weighted by molar-refractivity contribution is 0.0929. The maximum absolute atomic E-state index is 13.8. The van der Waals surface area contributed by atoms with Crippen LogP contribution in [-0.2, 0) is 6.61 Å². The summed E-state index contributed by atoms with van der Waals surface area (Å²) in [6.45, 7) is -0.0189. The molecule has 0 spiro atoms. The van der Waals surface area contributed by atoms with Crippen molar-refractivity contribution in [2.75, 3.05) is 7.11 Å². The number of fused-ring (bicyclic) bond motifs is 1. The van der Waals surface area contributed by atoms with Gasteiger partial charge in [0, 0.05) is 16.0 Å². The third-order valence-electron chi connectivity index (χ3n) is 4.66. The molecule has 6 nitrogen and oxygen atoms in total. The lowest BCUT2D eigenvalue weighted by Crippen LogP contribution is -2.16. The van der Waals surface area contributed by atoms with Gasteiger partial charge in [0.15, 0.2) is 17.3 Å². The van der Waals surface area contributed by atoms with Gasteiger partial charge in [-0.05, 0) is 48.0 Å². The first-order valence-corrected chi connectivity index (χ1v) is 10.5. The molecule has 0 aliphatic heterocycles. The maximum atomic E-state index is 13.8. The lowest BCUT2D eigenvalue weighted by Gasteiger charge is -2.13. The Morgan fingerprint density at radius 1 is 1.15 bits per heavy atom. The number of benzene rings is 3. The van der Waals surface area contributed by atoms with E-state index >= 15 is 0 Å². The number of hydrogen-bond acceptors (Lipinski definition) is 5. The van der Waals surface area contributed by atoms with E-state index in [4.69, 9.17) is 37.1 Å². The SMILES string of the molecule is COc1cc(/C=N/NC(=O)c2cc3cc(Cl)ccc3o2)cc(Cl)c1OCc1ccccc1F. The van der Waals surface area contributed by atoms with Gasteiger partial charge in [0.25, 0.3) is 0 Å². The highest BCUT2D eigenvalue weighted by Gasteiger charge is 2.14. The molecule has 4 aromatic rings. The molecule has 0 saturated carbocycles. The molecule has 0 aliphatic carbocycles. The van der Waals surface area contributed by atoms with Crippen LogP contribution < -0.4 is 14.9 Å². The van der Waals surface area contributed by atoms with E-state index in [1.54, 1.807) is 54.6 Å². The van der Waals surface area contributed by atoms with E-state index in [0.29, 0.717) is 32.9 Å². The monoisotopic (exact) mass is 486 g/mol. The van der Waals surface area contributed by atoms with Crippen LogP contribution in [0.4, 0.5) is 4.39 Å². The Balaban J connectivity index is 1.45. The number of furan rings is 1. The van der Waals surface area contributed by atoms with Crippen molar-refractivity contribution in [1.29, 1.82) is 0 Å². The van der Waals surface area contributed by atoms with Crippen LogP contribution in [0.5, 0.6) is 11.5 Å². The topological polar surface area (TPSA) is 73.1 Å². The molecule has 1 heterocycles. The minimum absolute atomic E-state index is 0.0189. The number of nitrogens with zero attached hydrogens (tertiary/aromatic N) is 1. The summed E-state index contributed by atoms with van der Waals surface area (Å²) in [5.41, 5.74) is 3.87. The Bertz CT molecular complexity index is 1350. The standard InChI is InChI=1S/C24H17Cl2FN2O4/c1-31-21-9-14(8-18(26)23(21)32-13-15-4-2-3-5-19(15)27)12-28-29-24(30)22-11-16-10-17(25)6-7-20(16)33-22/h2-12H,13H2,1H3,(H,29,30)/b28-12+. The van der Waals surface area contributed by atoms with Crippen molar-refractivity contribution in [3.8, 4) is 11.5 Å². The number of hydrazone groups is 1. The third-order valence-corrected chi connectivity index (χ3v) is 5.18. The minimum Gasteiger partial charge on any atom is -0.493 e. The van der Waals surface area contributed by atoms with Crippen molar-refractivity contribution >= 4 is 46.3 Å². The molecule has 1 amide bonds. The molecule has 3 aromatic carbocycles. The molecular formula is C24H17Cl2FN2O4. The average molecular weight is 487 g/mol. The second kappa shape index (κ2) is 9.94. The molecule has 168 valence electrons. The van der Waals surface area contributed by atoms with Gasteiger partial charge in [-0.3, -0.25) is 4.79 Å². The molecule has 33 heavy (non-hydrogen) atoms. The fraction of sp³-hybridized carbons (Fsp3) is 0.0833. The van der Waals surface area contributed by atoms with Gasteiger partial charge in [0.05, 0.1) is 18.3 Å². The summed E-state index contributed by atoms with van der Waals surface area (Å²) in [6.07, 6.45) is 1.40. The van der Waals surface area contributed by atoms with Gasteiger partial charge < -0.3 is 13.9 Å². The molecule has 0 atom stereocenters. The van der Waals surface area contributed by atoms with E-state index in [1.165, 1.54) is 19.4 Å². The zero-order valence-electron chi connectivity index (χ0n) is 17.3. The van der Waals surface area contributed by atoms with Crippen LogP contribution in [0.3, 0.4) is 0 Å². The molecule has 4 rings (SSSR count). The van der Waals surface area contributed by atoms with Gasteiger partial charge in [0.1, 0.15) is 18.0 Å². The summed E-state index contributed by atoms with van der Waals surface area (Å²) >= 11 is 12.3. The molecule has 9 heteroatoms. The summed E-state index contributed by atoms with van der Waals surface area (Å²) in [6, 6.07) is 16.1. The number of amides is 1. The number of hydrogen-bond donors (Lipinski definition) is 1. The predicted molar refractivity (Wildman–Crippen MR) is 125 cm³/mol. The number of rotatable bonds is 7. The number of ether oxygens (including phenoxy) is 2. The van der Waals surface area contributed by atoms with Crippen LogP contribution in [-0.4, -0.2) is 19.2 Å². The van der Waals surface area contributed by atoms with Crippen molar-refractivity contribution in [2.24, 2.45) is 5.10 Å². The predicted octanol–water partition coefficient (Wildman–Crippen LogP) is 6.23. The van der Waals surface area contributed by atoms with Crippen LogP contribution in [0.2, 0.25) is 10.0 Å². The third kappa shape index (κ3) is 5.27. The normalized spacial score (nSPS) is 11.2. The van der Waals surface area contributed by atoms with Gasteiger partial charge >= 0.3 is 5.91 Å². The zero-order valence-corrected chi connectivity index (χ0v) is 18.8. The largest absolute Gasteiger partial charge is 0.493 e. The second-order valence-corrected chi connectivity index (χ2v) is 7.75. The second-order valence-electron chi connectivity index (χ2n) is 6.91. The molecule has 1 aromatic heterocycles. The first-order valence-electron chi connectivity index (χ1n) is 9.71. The first kappa shape index (κ1) is 22.6. The minimum atomic E-state index is -0.526. The number of methoxy groups -OCH3 is 1. The fourth-order valence-corrected chi connectivity index (χ4v) is 3.52. The van der Waals surface area contributed by atoms with Gasteiger partial charge in [-0.2, -0.15) is 5.10 Å². The van der Waals surface area contributed by atoms with Gasteiger partial charge in [-0.1, -0.05) is 41.4 Å². The smallest absolute Gasteiger partial charge is 0.307 e. The van der Waals surface area contributed by atoms with Crippen molar-refractivity contribution in [1.82, 2.24) is 5.43 Å². The van der Waals surface area contributed by atoms with Crippen LogP contribution in [0, 0.1) is 5.82 Å². The summed E-state index contributed by atoms with van der Waals surface area (Å²) in [4.78, 5) is 12.3.